The third kappa shape index (κ3) is 2.29. The highest BCUT2D eigenvalue weighted by Crippen LogP contribution is 2.46. The van der Waals surface area contributed by atoms with E-state index in [9.17, 15) is 0 Å². The van der Waals surface area contributed by atoms with Crippen LogP contribution in [0.3, 0.4) is 0 Å². The minimum Gasteiger partial charge on any atom is -0.308 e. The molecule has 0 spiro atoms. The Bertz CT molecular complexity index is 332. The lowest BCUT2D eigenvalue weighted by Gasteiger charge is -2.19. The van der Waals surface area contributed by atoms with Crippen LogP contribution in [-0.2, 0) is 6.54 Å². The van der Waals surface area contributed by atoms with E-state index in [0.29, 0.717) is 6.04 Å². The normalized spacial score (nSPS) is 25.7. The van der Waals surface area contributed by atoms with E-state index in [1.165, 1.54) is 18.5 Å². The minimum absolute atomic E-state index is 0.511. The van der Waals surface area contributed by atoms with E-state index in [1.807, 2.05) is 6.20 Å². The van der Waals surface area contributed by atoms with Gasteiger partial charge in [-0.3, -0.25) is 4.68 Å². The number of hydrogen-bond acceptors (Lipinski definition) is 2. The third-order valence-corrected chi connectivity index (χ3v) is 3.58. The highest BCUT2D eigenvalue weighted by atomic mass is 15.3. The average molecular weight is 221 g/mol. The van der Waals surface area contributed by atoms with Gasteiger partial charge in [-0.2, -0.15) is 5.10 Å². The minimum atomic E-state index is 0.511. The van der Waals surface area contributed by atoms with Gasteiger partial charge in [0.1, 0.15) is 0 Å². The first-order chi connectivity index (χ1) is 7.77. The van der Waals surface area contributed by atoms with Crippen LogP contribution in [0.25, 0.3) is 0 Å². The fraction of sp³-hybridized carbons (Fsp3) is 0.769. The molecule has 3 atom stereocenters. The van der Waals surface area contributed by atoms with Gasteiger partial charge in [0.05, 0.1) is 11.7 Å². The molecule has 0 aromatic carbocycles. The second kappa shape index (κ2) is 5.00. The molecule has 0 saturated heterocycles. The Hall–Kier alpha value is -0.830. The molecule has 1 fully saturated rings. The second-order valence-corrected chi connectivity index (χ2v) is 4.88. The Balaban J connectivity index is 2.11. The van der Waals surface area contributed by atoms with Gasteiger partial charge < -0.3 is 5.32 Å². The standard InChI is InChI=1S/C13H23N3/c1-4-7-14-13(11-9-10(11)3)12-6-8-15-16(12)5-2/h6,8,10-11,13-14H,4-5,7,9H2,1-3H3. The van der Waals surface area contributed by atoms with Gasteiger partial charge in [-0.25, -0.2) is 0 Å². The lowest BCUT2D eigenvalue weighted by molar-refractivity contribution is 0.427. The molecule has 3 nitrogen and oxygen atoms in total. The quantitative estimate of drug-likeness (QED) is 0.800. The molecular formula is C13H23N3. The van der Waals surface area contributed by atoms with Gasteiger partial charge in [0.2, 0.25) is 0 Å². The summed E-state index contributed by atoms with van der Waals surface area (Å²) in [5.74, 6) is 1.68. The van der Waals surface area contributed by atoms with Crippen LogP contribution < -0.4 is 5.32 Å². The molecule has 1 aromatic heterocycles. The molecule has 3 unspecified atom stereocenters. The smallest absolute Gasteiger partial charge is 0.0556 e. The molecule has 1 aliphatic rings. The number of aryl methyl sites for hydroxylation is 1. The van der Waals surface area contributed by atoms with Gasteiger partial charge in [0.25, 0.3) is 0 Å². The fourth-order valence-corrected chi connectivity index (χ4v) is 2.46. The summed E-state index contributed by atoms with van der Waals surface area (Å²) in [4.78, 5) is 0. The molecule has 0 amide bonds. The zero-order valence-electron chi connectivity index (χ0n) is 10.6. The SMILES string of the molecule is CCCNC(c1ccnn1CC)C1CC1C. The molecule has 1 N–H and O–H groups in total. The largest absolute Gasteiger partial charge is 0.308 e. The molecule has 1 aromatic rings. The first-order valence-electron chi connectivity index (χ1n) is 6.53. The summed E-state index contributed by atoms with van der Waals surface area (Å²) in [5.41, 5.74) is 1.37. The molecule has 0 radical (unpaired) electrons. The zero-order chi connectivity index (χ0) is 11.5. The highest BCUT2D eigenvalue weighted by Gasteiger charge is 2.40. The van der Waals surface area contributed by atoms with Crippen LogP contribution >= 0.6 is 0 Å². The highest BCUT2D eigenvalue weighted by molar-refractivity contribution is 5.12. The van der Waals surface area contributed by atoms with Crippen molar-refractivity contribution in [2.45, 2.75) is 46.2 Å². The van der Waals surface area contributed by atoms with Crippen molar-refractivity contribution in [1.82, 2.24) is 15.1 Å². The Labute approximate surface area is 98.2 Å². The van der Waals surface area contributed by atoms with E-state index in [4.69, 9.17) is 0 Å². The molecule has 0 aliphatic heterocycles. The number of aromatic nitrogens is 2. The first kappa shape index (κ1) is 11.6. The predicted octanol–water partition coefficient (Wildman–Crippen LogP) is 2.60. The van der Waals surface area contributed by atoms with Gasteiger partial charge in [0, 0.05) is 12.7 Å². The summed E-state index contributed by atoms with van der Waals surface area (Å²) in [6, 6.07) is 2.68. The summed E-state index contributed by atoms with van der Waals surface area (Å²) in [7, 11) is 0. The van der Waals surface area contributed by atoms with E-state index in [-0.39, 0.29) is 0 Å². The van der Waals surface area contributed by atoms with E-state index in [0.717, 1.165) is 24.9 Å². The van der Waals surface area contributed by atoms with Crippen molar-refractivity contribution in [1.29, 1.82) is 0 Å². The summed E-state index contributed by atoms with van der Waals surface area (Å²) >= 11 is 0. The molecule has 16 heavy (non-hydrogen) atoms. The summed E-state index contributed by atoms with van der Waals surface area (Å²) in [5, 5.41) is 8.05. The second-order valence-electron chi connectivity index (χ2n) is 4.88. The Kier molecular flexibility index (Phi) is 3.64. The van der Waals surface area contributed by atoms with Crippen molar-refractivity contribution < 1.29 is 0 Å². The Morgan fingerprint density at radius 2 is 2.31 bits per heavy atom. The van der Waals surface area contributed by atoms with Gasteiger partial charge in [-0.15, -0.1) is 0 Å². The number of nitrogens with zero attached hydrogens (tertiary/aromatic N) is 2. The zero-order valence-corrected chi connectivity index (χ0v) is 10.6. The predicted molar refractivity (Wildman–Crippen MR) is 66.2 cm³/mol. The van der Waals surface area contributed by atoms with Crippen LogP contribution in [0.2, 0.25) is 0 Å². The van der Waals surface area contributed by atoms with Crippen LogP contribution in [0.5, 0.6) is 0 Å². The fourth-order valence-electron chi connectivity index (χ4n) is 2.46. The van der Waals surface area contributed by atoms with Crippen LogP contribution in [0, 0.1) is 11.8 Å². The number of nitrogens with one attached hydrogen (secondary N) is 1. The number of hydrogen-bond donors (Lipinski definition) is 1. The van der Waals surface area contributed by atoms with Gasteiger partial charge in [-0.05, 0) is 44.2 Å². The first-order valence-corrected chi connectivity index (χ1v) is 6.53. The topological polar surface area (TPSA) is 29.9 Å². The summed E-state index contributed by atoms with van der Waals surface area (Å²) < 4.78 is 2.12. The van der Waals surface area contributed by atoms with E-state index >= 15 is 0 Å². The van der Waals surface area contributed by atoms with Crippen molar-refractivity contribution in [3.63, 3.8) is 0 Å². The molecule has 3 heteroatoms. The van der Waals surface area contributed by atoms with E-state index in [2.05, 4.69) is 41.9 Å². The maximum absolute atomic E-state index is 4.38. The maximum Gasteiger partial charge on any atom is 0.0556 e. The Morgan fingerprint density at radius 3 is 2.88 bits per heavy atom. The molecule has 1 saturated carbocycles. The van der Waals surface area contributed by atoms with Crippen molar-refractivity contribution in [2.24, 2.45) is 11.8 Å². The third-order valence-electron chi connectivity index (χ3n) is 3.58. The van der Waals surface area contributed by atoms with Crippen molar-refractivity contribution in [3.8, 4) is 0 Å². The summed E-state index contributed by atoms with van der Waals surface area (Å²) in [6.45, 7) is 8.79. The van der Waals surface area contributed by atoms with Gasteiger partial charge in [0.15, 0.2) is 0 Å². The van der Waals surface area contributed by atoms with Gasteiger partial charge >= 0.3 is 0 Å². The van der Waals surface area contributed by atoms with Crippen LogP contribution in [-0.4, -0.2) is 16.3 Å². The molecule has 90 valence electrons. The lowest BCUT2D eigenvalue weighted by Crippen LogP contribution is -2.26. The van der Waals surface area contributed by atoms with Crippen LogP contribution in [0.1, 0.15) is 45.3 Å². The molecule has 1 heterocycles. The number of rotatable bonds is 6. The van der Waals surface area contributed by atoms with Crippen molar-refractivity contribution >= 4 is 0 Å². The van der Waals surface area contributed by atoms with Crippen LogP contribution in [0.15, 0.2) is 12.3 Å². The van der Waals surface area contributed by atoms with Crippen molar-refractivity contribution in [2.75, 3.05) is 6.54 Å². The maximum atomic E-state index is 4.38. The van der Waals surface area contributed by atoms with E-state index < -0.39 is 0 Å². The monoisotopic (exact) mass is 221 g/mol. The summed E-state index contributed by atoms with van der Waals surface area (Å²) in [6.07, 6.45) is 4.47. The Morgan fingerprint density at radius 1 is 1.56 bits per heavy atom. The van der Waals surface area contributed by atoms with Gasteiger partial charge in [-0.1, -0.05) is 13.8 Å². The lowest BCUT2D eigenvalue weighted by atomic mass is 10.1. The average Bonchev–Trinajstić information content (AvgIpc) is 2.82. The molecule has 0 bridgehead atoms. The molecule has 1 aliphatic carbocycles. The van der Waals surface area contributed by atoms with Crippen molar-refractivity contribution in [3.05, 3.63) is 18.0 Å². The molecular weight excluding hydrogens is 198 g/mol. The van der Waals surface area contributed by atoms with E-state index in [1.54, 1.807) is 0 Å². The van der Waals surface area contributed by atoms with Crippen LogP contribution in [0.4, 0.5) is 0 Å². The molecule has 2 rings (SSSR count).